The number of fused-ring (bicyclic) bond motifs is 1. The molecule has 1 N–H and O–H groups in total. The molecule has 1 unspecified atom stereocenters. The molecule has 2 fully saturated rings. The first-order valence-corrected chi connectivity index (χ1v) is 14.5. The zero-order valence-electron chi connectivity index (χ0n) is 22.8. The van der Waals surface area contributed by atoms with Crippen molar-refractivity contribution in [3.05, 3.63) is 81.9 Å². The van der Waals surface area contributed by atoms with E-state index in [2.05, 4.69) is 55.7 Å². The smallest absolute Gasteiger partial charge is 0.253 e. The molecule has 3 heterocycles. The second-order valence-electron chi connectivity index (χ2n) is 11.1. The van der Waals surface area contributed by atoms with Crippen LogP contribution >= 0.6 is 0 Å². The third-order valence-corrected chi connectivity index (χ3v) is 8.51. The summed E-state index contributed by atoms with van der Waals surface area (Å²) in [6, 6.07) is 18.6. The lowest BCUT2D eigenvalue weighted by atomic mass is 9.88. The maximum Gasteiger partial charge on any atom is 0.253 e. The number of H-pyrrole nitrogens is 1. The molecular formula is C31H38N6O2. The first kappa shape index (κ1) is 25.7. The van der Waals surface area contributed by atoms with Crippen molar-refractivity contribution in [3.63, 3.8) is 0 Å². The molecular weight excluding hydrogens is 488 g/mol. The summed E-state index contributed by atoms with van der Waals surface area (Å²) >= 11 is 0. The van der Waals surface area contributed by atoms with Gasteiger partial charge in [0.25, 0.3) is 5.56 Å². The van der Waals surface area contributed by atoms with Gasteiger partial charge < -0.3 is 9.72 Å². The van der Waals surface area contributed by atoms with E-state index in [1.165, 1.54) is 24.8 Å². The quantitative estimate of drug-likeness (QED) is 0.328. The Labute approximate surface area is 229 Å². The Hall–Kier alpha value is -3.52. The highest BCUT2D eigenvalue weighted by Crippen LogP contribution is 2.35. The fourth-order valence-corrected chi connectivity index (χ4v) is 6.49. The molecule has 0 bridgehead atoms. The minimum atomic E-state index is -0.302. The summed E-state index contributed by atoms with van der Waals surface area (Å²) in [7, 11) is 0. The second-order valence-corrected chi connectivity index (χ2v) is 11.1. The van der Waals surface area contributed by atoms with Crippen LogP contribution < -0.4 is 10.3 Å². The van der Waals surface area contributed by atoms with Crippen LogP contribution in [0.2, 0.25) is 0 Å². The van der Waals surface area contributed by atoms with Gasteiger partial charge in [-0.3, -0.25) is 9.69 Å². The zero-order chi connectivity index (χ0) is 26.6. The fraction of sp³-hybridized carbons (Fsp3) is 0.484. The highest BCUT2D eigenvalue weighted by atomic mass is 16.5. The molecule has 0 amide bonds. The Morgan fingerprint density at radius 1 is 1.00 bits per heavy atom. The van der Waals surface area contributed by atoms with Crippen molar-refractivity contribution in [3.8, 4) is 5.75 Å². The van der Waals surface area contributed by atoms with Crippen LogP contribution in [0.3, 0.4) is 0 Å². The number of pyridine rings is 1. The molecule has 6 rings (SSSR count). The Kier molecular flexibility index (Phi) is 7.72. The Morgan fingerprint density at radius 2 is 1.79 bits per heavy atom. The van der Waals surface area contributed by atoms with Crippen LogP contribution in [0.1, 0.15) is 80.9 Å². The Balaban J connectivity index is 1.35. The SMILES string of the molecule is CCOc1ccc2[nH]c(=O)c(C(c3nnnn3C3CCCCC3)N3CCC(Cc4ccccc4)CC3)cc2c1. The van der Waals surface area contributed by atoms with Crippen LogP contribution in [0.15, 0.2) is 59.4 Å². The molecule has 1 aliphatic carbocycles. The van der Waals surface area contributed by atoms with Gasteiger partial charge >= 0.3 is 0 Å². The number of hydrogen-bond donors (Lipinski definition) is 1. The summed E-state index contributed by atoms with van der Waals surface area (Å²) in [6.45, 7) is 4.37. The van der Waals surface area contributed by atoms with Gasteiger partial charge in [0.15, 0.2) is 5.82 Å². The molecule has 0 spiro atoms. The third-order valence-electron chi connectivity index (χ3n) is 8.51. The summed E-state index contributed by atoms with van der Waals surface area (Å²) in [5.74, 6) is 2.21. The monoisotopic (exact) mass is 526 g/mol. The van der Waals surface area contributed by atoms with E-state index in [0.29, 0.717) is 18.1 Å². The van der Waals surface area contributed by atoms with Crippen LogP contribution in [0, 0.1) is 5.92 Å². The van der Waals surface area contributed by atoms with Gasteiger partial charge in [0, 0.05) is 16.5 Å². The van der Waals surface area contributed by atoms with E-state index in [1.807, 2.05) is 35.9 Å². The van der Waals surface area contributed by atoms with E-state index in [-0.39, 0.29) is 17.6 Å². The number of nitrogens with zero attached hydrogens (tertiary/aromatic N) is 5. The average molecular weight is 527 g/mol. The van der Waals surface area contributed by atoms with Crippen molar-refractivity contribution in [2.24, 2.45) is 5.92 Å². The first-order chi connectivity index (χ1) is 19.2. The van der Waals surface area contributed by atoms with Crippen molar-refractivity contribution in [2.75, 3.05) is 19.7 Å². The molecule has 4 aromatic rings. The zero-order valence-corrected chi connectivity index (χ0v) is 22.8. The number of hydrogen-bond acceptors (Lipinski definition) is 6. The number of ether oxygens (including phenoxy) is 1. The molecule has 1 atom stereocenters. The fourth-order valence-electron chi connectivity index (χ4n) is 6.49. The molecule has 2 aromatic heterocycles. The minimum absolute atomic E-state index is 0.0822. The van der Waals surface area contributed by atoms with Crippen molar-refractivity contribution in [1.29, 1.82) is 0 Å². The van der Waals surface area contributed by atoms with Gasteiger partial charge in [-0.25, -0.2) is 4.68 Å². The summed E-state index contributed by atoms with van der Waals surface area (Å²) in [6.07, 6.45) is 9.05. The van der Waals surface area contributed by atoms with E-state index in [4.69, 9.17) is 4.74 Å². The van der Waals surface area contributed by atoms with Gasteiger partial charge in [-0.1, -0.05) is 49.6 Å². The number of benzene rings is 2. The predicted octanol–water partition coefficient (Wildman–Crippen LogP) is 5.46. The van der Waals surface area contributed by atoms with E-state index in [9.17, 15) is 4.79 Å². The first-order valence-electron chi connectivity index (χ1n) is 14.5. The van der Waals surface area contributed by atoms with Crippen molar-refractivity contribution >= 4 is 10.9 Å². The Bertz CT molecular complexity index is 1430. The highest BCUT2D eigenvalue weighted by Gasteiger charge is 2.34. The highest BCUT2D eigenvalue weighted by molar-refractivity contribution is 5.80. The van der Waals surface area contributed by atoms with Gasteiger partial charge in [0.05, 0.1) is 12.6 Å². The van der Waals surface area contributed by atoms with Crippen LogP contribution in [0.25, 0.3) is 10.9 Å². The van der Waals surface area contributed by atoms with Crippen LogP contribution in [-0.2, 0) is 6.42 Å². The number of nitrogens with one attached hydrogen (secondary N) is 1. The summed E-state index contributed by atoms with van der Waals surface area (Å²) in [4.78, 5) is 19.2. The summed E-state index contributed by atoms with van der Waals surface area (Å²) in [5.41, 5.74) is 2.81. The van der Waals surface area contributed by atoms with E-state index < -0.39 is 0 Å². The number of piperidine rings is 1. The van der Waals surface area contributed by atoms with Gasteiger partial charge in [-0.05, 0) is 98.3 Å². The predicted molar refractivity (Wildman–Crippen MR) is 152 cm³/mol. The lowest BCUT2D eigenvalue weighted by molar-refractivity contribution is 0.140. The molecule has 204 valence electrons. The number of likely N-dealkylation sites (tertiary alicyclic amines) is 1. The van der Waals surface area contributed by atoms with Crippen molar-refractivity contribution in [2.45, 2.75) is 70.4 Å². The largest absolute Gasteiger partial charge is 0.494 e. The van der Waals surface area contributed by atoms with Crippen LogP contribution in [0.5, 0.6) is 5.75 Å². The van der Waals surface area contributed by atoms with Crippen molar-refractivity contribution in [1.82, 2.24) is 30.1 Å². The normalized spacial score (nSPS) is 18.4. The van der Waals surface area contributed by atoms with Gasteiger partial charge in [-0.15, -0.1) is 5.10 Å². The number of rotatable bonds is 8. The molecule has 39 heavy (non-hydrogen) atoms. The number of aromatic nitrogens is 5. The molecule has 1 saturated carbocycles. The molecule has 2 aliphatic rings. The molecule has 2 aromatic carbocycles. The lowest BCUT2D eigenvalue weighted by Crippen LogP contribution is -2.41. The maximum absolute atomic E-state index is 13.6. The van der Waals surface area contributed by atoms with Crippen molar-refractivity contribution < 1.29 is 4.74 Å². The van der Waals surface area contributed by atoms with Crippen LogP contribution in [-0.4, -0.2) is 49.8 Å². The third kappa shape index (κ3) is 5.62. The molecule has 8 heteroatoms. The number of tetrazole rings is 1. The van der Waals surface area contributed by atoms with E-state index in [0.717, 1.165) is 67.7 Å². The number of aromatic amines is 1. The lowest BCUT2D eigenvalue weighted by Gasteiger charge is -2.37. The topological polar surface area (TPSA) is 88.9 Å². The van der Waals surface area contributed by atoms with Crippen LogP contribution in [0.4, 0.5) is 0 Å². The minimum Gasteiger partial charge on any atom is -0.494 e. The average Bonchev–Trinajstić information content (AvgIpc) is 3.45. The summed E-state index contributed by atoms with van der Waals surface area (Å²) in [5, 5.41) is 14.2. The van der Waals surface area contributed by atoms with Gasteiger partial charge in [-0.2, -0.15) is 0 Å². The van der Waals surface area contributed by atoms with Gasteiger partial charge in [0.1, 0.15) is 11.8 Å². The standard InChI is InChI=1S/C31H38N6O2/c1-2-39-26-13-14-28-24(20-26)21-27(31(38)32-28)29(30-33-34-35-37(30)25-11-7-4-8-12-25)36-17-15-23(16-18-36)19-22-9-5-3-6-10-22/h3,5-6,9-10,13-14,20-21,23,25,29H,2,4,7-8,11-12,15-19H2,1H3,(H,32,38). The molecule has 0 radical (unpaired) electrons. The second kappa shape index (κ2) is 11.7. The Morgan fingerprint density at radius 3 is 2.56 bits per heavy atom. The molecule has 1 aliphatic heterocycles. The van der Waals surface area contributed by atoms with Gasteiger partial charge in [0.2, 0.25) is 0 Å². The van der Waals surface area contributed by atoms with E-state index in [1.54, 1.807) is 0 Å². The maximum atomic E-state index is 13.6. The van der Waals surface area contributed by atoms with E-state index >= 15 is 0 Å². The molecule has 8 nitrogen and oxygen atoms in total. The molecule has 1 saturated heterocycles. The summed E-state index contributed by atoms with van der Waals surface area (Å²) < 4.78 is 7.78.